The molecule has 7 heteroatoms. The van der Waals surface area contributed by atoms with E-state index in [9.17, 15) is 10.2 Å². The molecule has 0 bridgehead atoms. The third-order valence-electron chi connectivity index (χ3n) is 3.41. The van der Waals surface area contributed by atoms with Gasteiger partial charge in [0.15, 0.2) is 0 Å². The number of aliphatic hydroxyl groups is 4. The highest BCUT2D eigenvalue weighted by Crippen LogP contribution is 2.24. The third-order valence-corrected chi connectivity index (χ3v) is 3.41. The lowest BCUT2D eigenvalue weighted by Crippen LogP contribution is -2.33. The van der Waals surface area contributed by atoms with Crippen LogP contribution < -0.4 is 10.6 Å². The molecule has 0 unspecified atom stereocenters. The highest BCUT2D eigenvalue weighted by atomic mass is 16.3. The number of benzene rings is 1. The largest absolute Gasteiger partial charge is 0.399 e. The Balaban J connectivity index is 3.01. The number of rotatable bonds is 11. The van der Waals surface area contributed by atoms with Crippen LogP contribution in [-0.4, -0.2) is 77.9 Å². The molecule has 1 aromatic carbocycles. The Morgan fingerprint density at radius 2 is 1.36 bits per heavy atom. The molecule has 0 saturated carbocycles. The smallest absolute Gasteiger partial charge is 0.0606 e. The lowest BCUT2D eigenvalue weighted by molar-refractivity contribution is 0.156. The molecule has 0 radical (unpaired) electrons. The van der Waals surface area contributed by atoms with Crippen LogP contribution in [0.1, 0.15) is 5.56 Å². The van der Waals surface area contributed by atoms with Crippen LogP contribution in [0.4, 0.5) is 11.4 Å². The molecule has 0 aliphatic rings. The van der Waals surface area contributed by atoms with Crippen LogP contribution in [0.3, 0.4) is 0 Å². The minimum absolute atomic E-state index is 0.00857. The summed E-state index contributed by atoms with van der Waals surface area (Å²) in [7, 11) is 0. The van der Waals surface area contributed by atoms with Gasteiger partial charge in [-0.25, -0.2) is 0 Å². The molecule has 0 spiro atoms. The fourth-order valence-electron chi connectivity index (χ4n) is 2.43. The number of anilines is 2. The lowest BCUT2D eigenvalue weighted by Gasteiger charge is -2.28. The van der Waals surface area contributed by atoms with Crippen LogP contribution in [0.5, 0.6) is 0 Å². The van der Waals surface area contributed by atoms with Crippen molar-refractivity contribution in [2.45, 2.75) is 6.54 Å². The molecule has 1 rings (SSSR count). The van der Waals surface area contributed by atoms with Gasteiger partial charge < -0.3 is 31.1 Å². The van der Waals surface area contributed by atoms with Crippen molar-refractivity contribution < 1.29 is 20.4 Å². The SMILES string of the molecule is Nc1ccc(N(CCO)CCO)c(CN(CCO)CCO)c1. The quantitative estimate of drug-likeness (QED) is 0.328. The van der Waals surface area contributed by atoms with Crippen molar-refractivity contribution in [2.24, 2.45) is 0 Å². The summed E-state index contributed by atoms with van der Waals surface area (Å²) in [5.74, 6) is 0. The van der Waals surface area contributed by atoms with Crippen molar-refractivity contribution in [3.8, 4) is 0 Å². The number of hydrogen-bond acceptors (Lipinski definition) is 7. The molecule has 7 nitrogen and oxygen atoms in total. The van der Waals surface area contributed by atoms with Gasteiger partial charge in [0.25, 0.3) is 0 Å². The van der Waals surface area contributed by atoms with Crippen LogP contribution in [0.15, 0.2) is 18.2 Å². The van der Waals surface area contributed by atoms with Crippen molar-refractivity contribution in [1.29, 1.82) is 0 Å². The zero-order valence-electron chi connectivity index (χ0n) is 12.9. The molecular weight excluding hydrogens is 286 g/mol. The van der Waals surface area contributed by atoms with E-state index in [1.807, 2.05) is 21.9 Å². The summed E-state index contributed by atoms with van der Waals surface area (Å²) in [6.07, 6.45) is 0. The molecule has 0 atom stereocenters. The van der Waals surface area contributed by atoms with Crippen LogP contribution in [0.2, 0.25) is 0 Å². The first-order valence-corrected chi connectivity index (χ1v) is 7.45. The monoisotopic (exact) mass is 313 g/mol. The van der Waals surface area contributed by atoms with E-state index in [2.05, 4.69) is 0 Å². The van der Waals surface area contributed by atoms with Gasteiger partial charge in [0, 0.05) is 44.1 Å². The second kappa shape index (κ2) is 10.4. The number of aliphatic hydroxyl groups excluding tert-OH is 4. The first-order valence-electron chi connectivity index (χ1n) is 7.45. The van der Waals surface area contributed by atoms with Crippen LogP contribution in [-0.2, 0) is 6.54 Å². The number of hydrogen-bond donors (Lipinski definition) is 5. The van der Waals surface area contributed by atoms with Gasteiger partial charge in [0.1, 0.15) is 0 Å². The summed E-state index contributed by atoms with van der Waals surface area (Å²) in [5.41, 5.74) is 8.31. The normalized spacial score (nSPS) is 11.1. The second-order valence-electron chi connectivity index (χ2n) is 5.05. The molecule has 0 aliphatic carbocycles. The summed E-state index contributed by atoms with van der Waals surface area (Å²) in [6.45, 7) is 2.25. The van der Waals surface area contributed by atoms with Gasteiger partial charge in [-0.05, 0) is 23.8 Å². The molecule has 0 aliphatic heterocycles. The van der Waals surface area contributed by atoms with Crippen molar-refractivity contribution in [3.05, 3.63) is 23.8 Å². The molecule has 0 fully saturated rings. The molecule has 22 heavy (non-hydrogen) atoms. The Kier molecular flexibility index (Phi) is 8.79. The predicted molar refractivity (Wildman–Crippen MR) is 86.7 cm³/mol. The zero-order valence-corrected chi connectivity index (χ0v) is 12.9. The highest BCUT2D eigenvalue weighted by molar-refractivity contribution is 5.59. The van der Waals surface area contributed by atoms with Gasteiger partial charge in [-0.1, -0.05) is 0 Å². The first kappa shape index (κ1) is 18.7. The van der Waals surface area contributed by atoms with Crippen LogP contribution >= 0.6 is 0 Å². The van der Waals surface area contributed by atoms with E-state index in [4.69, 9.17) is 15.9 Å². The van der Waals surface area contributed by atoms with E-state index in [0.717, 1.165) is 11.3 Å². The van der Waals surface area contributed by atoms with E-state index in [1.54, 1.807) is 6.07 Å². The third kappa shape index (κ3) is 5.78. The fourth-order valence-corrected chi connectivity index (χ4v) is 2.43. The Bertz CT molecular complexity index is 419. The summed E-state index contributed by atoms with van der Waals surface area (Å²) < 4.78 is 0. The first-order chi connectivity index (χ1) is 10.7. The van der Waals surface area contributed by atoms with E-state index in [-0.39, 0.29) is 26.4 Å². The number of nitrogens with zero attached hydrogens (tertiary/aromatic N) is 2. The van der Waals surface area contributed by atoms with E-state index >= 15 is 0 Å². The Labute approximate surface area is 131 Å². The molecule has 0 heterocycles. The summed E-state index contributed by atoms with van der Waals surface area (Å²) in [6, 6.07) is 5.49. The predicted octanol–water partition coefficient (Wildman–Crippen LogP) is -1.15. The van der Waals surface area contributed by atoms with E-state index in [1.165, 1.54) is 0 Å². The minimum Gasteiger partial charge on any atom is -0.399 e. The molecule has 0 amide bonds. The van der Waals surface area contributed by atoms with Gasteiger partial charge in [0.2, 0.25) is 0 Å². The zero-order chi connectivity index (χ0) is 16.4. The van der Waals surface area contributed by atoms with Gasteiger partial charge >= 0.3 is 0 Å². The highest BCUT2D eigenvalue weighted by Gasteiger charge is 2.14. The lowest BCUT2D eigenvalue weighted by atomic mass is 10.1. The molecule has 0 aromatic heterocycles. The average molecular weight is 313 g/mol. The fraction of sp³-hybridized carbons (Fsp3) is 0.600. The average Bonchev–Trinajstić information content (AvgIpc) is 2.48. The van der Waals surface area contributed by atoms with Gasteiger partial charge in [-0.3, -0.25) is 4.90 Å². The van der Waals surface area contributed by atoms with Gasteiger partial charge in [-0.15, -0.1) is 0 Å². The van der Waals surface area contributed by atoms with Crippen molar-refractivity contribution in [1.82, 2.24) is 4.90 Å². The molecular formula is C15H27N3O4. The topological polar surface area (TPSA) is 113 Å². The maximum Gasteiger partial charge on any atom is 0.0606 e. The Morgan fingerprint density at radius 1 is 0.818 bits per heavy atom. The molecule has 1 aromatic rings. The summed E-state index contributed by atoms with van der Waals surface area (Å²) in [4.78, 5) is 3.82. The minimum atomic E-state index is -0.0131. The Hall–Kier alpha value is -1.38. The van der Waals surface area contributed by atoms with Crippen LogP contribution in [0.25, 0.3) is 0 Å². The second-order valence-corrected chi connectivity index (χ2v) is 5.05. The summed E-state index contributed by atoms with van der Waals surface area (Å²) in [5, 5.41) is 36.6. The van der Waals surface area contributed by atoms with Crippen molar-refractivity contribution in [3.63, 3.8) is 0 Å². The van der Waals surface area contributed by atoms with E-state index < -0.39 is 0 Å². The van der Waals surface area contributed by atoms with Gasteiger partial charge in [-0.2, -0.15) is 0 Å². The molecule has 6 N–H and O–H groups in total. The number of nitrogens with two attached hydrogens (primary N) is 1. The van der Waals surface area contributed by atoms with Crippen molar-refractivity contribution in [2.75, 3.05) is 63.2 Å². The number of nitrogen functional groups attached to an aromatic ring is 1. The van der Waals surface area contributed by atoms with E-state index in [0.29, 0.717) is 38.4 Å². The van der Waals surface area contributed by atoms with Crippen molar-refractivity contribution >= 4 is 11.4 Å². The van der Waals surface area contributed by atoms with Gasteiger partial charge in [0.05, 0.1) is 26.4 Å². The Morgan fingerprint density at radius 3 is 1.86 bits per heavy atom. The maximum atomic E-state index is 9.20. The molecule has 126 valence electrons. The maximum absolute atomic E-state index is 9.20. The summed E-state index contributed by atoms with van der Waals surface area (Å²) >= 11 is 0. The molecule has 0 saturated heterocycles. The van der Waals surface area contributed by atoms with Crippen LogP contribution in [0, 0.1) is 0 Å². The standard InChI is InChI=1S/C15H27N3O4/c16-14-1-2-15(18(5-9-21)6-10-22)13(11-14)12-17(3-7-19)4-8-20/h1-2,11,19-22H,3-10,12,16H2.